The summed E-state index contributed by atoms with van der Waals surface area (Å²) < 4.78 is 10.2. The minimum absolute atomic E-state index is 0.0365. The van der Waals surface area contributed by atoms with Crippen molar-refractivity contribution >= 4 is 34.4 Å². The molecule has 0 atom stereocenters. The number of rotatable bonds is 4. The van der Waals surface area contributed by atoms with Gasteiger partial charge in [-0.15, -0.1) is 0 Å². The van der Waals surface area contributed by atoms with Gasteiger partial charge in [0.05, 0.1) is 24.6 Å². The first-order valence-electron chi connectivity index (χ1n) is 7.17. The number of nitrogens with zero attached hydrogens (tertiary/aromatic N) is 1. The quantitative estimate of drug-likeness (QED) is 0.700. The number of para-hydroxylation sites is 1. The van der Waals surface area contributed by atoms with Gasteiger partial charge in [-0.25, -0.2) is 4.79 Å². The number of ether oxygens (including phenoxy) is 1. The Bertz CT molecular complexity index is 993. The number of fused-ring (bicyclic) bond motifs is 1. The van der Waals surface area contributed by atoms with Crippen molar-refractivity contribution < 1.29 is 23.5 Å². The van der Waals surface area contributed by atoms with Gasteiger partial charge in [0.25, 0.3) is 11.8 Å². The molecular formula is C17H13N3O5. The highest BCUT2D eigenvalue weighted by Gasteiger charge is 2.19. The van der Waals surface area contributed by atoms with Gasteiger partial charge in [0.1, 0.15) is 11.1 Å². The van der Waals surface area contributed by atoms with Crippen molar-refractivity contribution in [3.05, 3.63) is 59.6 Å². The minimum atomic E-state index is -0.699. The molecule has 8 heteroatoms. The van der Waals surface area contributed by atoms with Crippen LogP contribution in [-0.4, -0.2) is 29.9 Å². The number of esters is 1. The Morgan fingerprint density at radius 1 is 1.20 bits per heavy atom. The Balaban J connectivity index is 1.96. The van der Waals surface area contributed by atoms with E-state index in [0.717, 1.165) is 0 Å². The monoisotopic (exact) mass is 339 g/mol. The number of primary amides is 1. The fourth-order valence-electron chi connectivity index (χ4n) is 2.34. The molecule has 0 aliphatic carbocycles. The van der Waals surface area contributed by atoms with Crippen LogP contribution in [0.4, 0.5) is 5.69 Å². The number of carbonyl (C=O) groups excluding carboxylic acids is 3. The van der Waals surface area contributed by atoms with Crippen LogP contribution in [0.25, 0.3) is 11.0 Å². The number of hydrogen-bond acceptors (Lipinski definition) is 6. The molecule has 0 saturated carbocycles. The third-order valence-electron chi connectivity index (χ3n) is 3.51. The van der Waals surface area contributed by atoms with Crippen LogP contribution in [0.2, 0.25) is 0 Å². The third-order valence-corrected chi connectivity index (χ3v) is 3.51. The maximum absolute atomic E-state index is 12.4. The summed E-state index contributed by atoms with van der Waals surface area (Å²) in [5, 5.41) is 3.08. The largest absolute Gasteiger partial charge is 0.465 e. The molecule has 0 aliphatic heterocycles. The number of benzene rings is 1. The van der Waals surface area contributed by atoms with Crippen LogP contribution in [0.1, 0.15) is 31.3 Å². The summed E-state index contributed by atoms with van der Waals surface area (Å²) in [6.45, 7) is 0. The molecule has 126 valence electrons. The van der Waals surface area contributed by atoms with E-state index in [-0.39, 0.29) is 28.2 Å². The lowest BCUT2D eigenvalue weighted by molar-refractivity contribution is 0.0601. The van der Waals surface area contributed by atoms with Crippen molar-refractivity contribution in [2.24, 2.45) is 5.73 Å². The van der Waals surface area contributed by atoms with Crippen LogP contribution >= 0.6 is 0 Å². The van der Waals surface area contributed by atoms with Crippen LogP contribution in [-0.2, 0) is 4.74 Å². The Hall–Kier alpha value is -3.68. The maximum Gasteiger partial charge on any atom is 0.341 e. The standard InChI is InChI=1S/C17H13N3O5/c1-24-17(23)11-4-2-3-9-7-13(25-14(9)11)16(22)20-12-8-19-6-5-10(12)15(18)21/h2-8H,1H3,(H2,18,21)(H,20,22). The molecule has 2 heterocycles. The van der Waals surface area contributed by atoms with Crippen molar-refractivity contribution in [1.82, 2.24) is 4.98 Å². The van der Waals surface area contributed by atoms with E-state index in [0.29, 0.717) is 5.39 Å². The van der Waals surface area contributed by atoms with Crippen molar-refractivity contribution in [2.75, 3.05) is 12.4 Å². The molecule has 3 aromatic rings. The van der Waals surface area contributed by atoms with Gasteiger partial charge in [0.15, 0.2) is 5.76 Å². The van der Waals surface area contributed by atoms with E-state index < -0.39 is 17.8 Å². The van der Waals surface area contributed by atoms with E-state index in [1.807, 2.05) is 0 Å². The number of aromatic nitrogens is 1. The number of amides is 2. The molecule has 25 heavy (non-hydrogen) atoms. The maximum atomic E-state index is 12.4. The van der Waals surface area contributed by atoms with Crippen molar-refractivity contribution in [3.63, 3.8) is 0 Å². The molecule has 2 amide bonds. The number of carbonyl (C=O) groups is 3. The van der Waals surface area contributed by atoms with Crippen molar-refractivity contribution in [2.45, 2.75) is 0 Å². The van der Waals surface area contributed by atoms with Gasteiger partial charge in [-0.05, 0) is 18.2 Å². The summed E-state index contributed by atoms with van der Waals surface area (Å²) in [4.78, 5) is 39.4. The second kappa shape index (κ2) is 6.44. The Morgan fingerprint density at radius 2 is 2.00 bits per heavy atom. The van der Waals surface area contributed by atoms with E-state index in [4.69, 9.17) is 14.9 Å². The van der Waals surface area contributed by atoms with Gasteiger partial charge in [-0.3, -0.25) is 14.6 Å². The molecule has 0 bridgehead atoms. The molecule has 0 aliphatic rings. The zero-order valence-electron chi connectivity index (χ0n) is 13.1. The summed E-state index contributed by atoms with van der Waals surface area (Å²) in [5.41, 5.74) is 5.99. The fraction of sp³-hybridized carbons (Fsp3) is 0.0588. The van der Waals surface area contributed by atoms with Gasteiger partial charge in [0, 0.05) is 11.6 Å². The summed E-state index contributed by atoms with van der Waals surface area (Å²) in [6, 6.07) is 7.76. The number of furan rings is 1. The molecule has 0 spiro atoms. The lowest BCUT2D eigenvalue weighted by Crippen LogP contribution is -2.18. The number of pyridine rings is 1. The number of nitrogens with two attached hydrogens (primary N) is 1. The highest BCUT2D eigenvalue weighted by atomic mass is 16.5. The molecule has 0 fully saturated rings. The molecule has 8 nitrogen and oxygen atoms in total. The second-order valence-electron chi connectivity index (χ2n) is 5.07. The summed E-state index contributed by atoms with van der Waals surface area (Å²) in [6.07, 6.45) is 2.69. The van der Waals surface area contributed by atoms with Crippen LogP contribution in [0.3, 0.4) is 0 Å². The summed E-state index contributed by atoms with van der Waals surface area (Å²) in [7, 11) is 1.26. The zero-order valence-corrected chi connectivity index (χ0v) is 13.1. The minimum Gasteiger partial charge on any atom is -0.465 e. The summed E-state index contributed by atoms with van der Waals surface area (Å²) in [5.74, 6) is -1.92. The normalized spacial score (nSPS) is 10.4. The van der Waals surface area contributed by atoms with Crippen LogP contribution < -0.4 is 11.1 Å². The number of nitrogens with one attached hydrogen (secondary N) is 1. The average molecular weight is 339 g/mol. The average Bonchev–Trinajstić information content (AvgIpc) is 3.05. The number of hydrogen-bond donors (Lipinski definition) is 2. The van der Waals surface area contributed by atoms with Crippen LogP contribution in [0.15, 0.2) is 47.1 Å². The molecule has 0 unspecified atom stereocenters. The summed E-state index contributed by atoms with van der Waals surface area (Å²) >= 11 is 0. The van der Waals surface area contributed by atoms with E-state index in [9.17, 15) is 14.4 Å². The molecule has 0 radical (unpaired) electrons. The van der Waals surface area contributed by atoms with Gasteiger partial charge < -0.3 is 20.2 Å². The topological polar surface area (TPSA) is 125 Å². The Kier molecular flexibility index (Phi) is 4.17. The SMILES string of the molecule is COC(=O)c1cccc2cc(C(=O)Nc3cnccc3C(N)=O)oc12. The van der Waals surface area contributed by atoms with Crippen LogP contribution in [0, 0.1) is 0 Å². The number of methoxy groups -OCH3 is 1. The number of anilines is 1. The highest BCUT2D eigenvalue weighted by molar-refractivity contribution is 6.10. The van der Waals surface area contributed by atoms with E-state index in [2.05, 4.69) is 10.3 Å². The molecule has 2 aromatic heterocycles. The third kappa shape index (κ3) is 3.05. The first kappa shape index (κ1) is 16.2. The smallest absolute Gasteiger partial charge is 0.341 e. The molecular weight excluding hydrogens is 326 g/mol. The molecule has 3 N–H and O–H groups in total. The van der Waals surface area contributed by atoms with E-state index in [1.165, 1.54) is 37.7 Å². The van der Waals surface area contributed by atoms with E-state index in [1.54, 1.807) is 12.1 Å². The van der Waals surface area contributed by atoms with Crippen molar-refractivity contribution in [3.8, 4) is 0 Å². The Morgan fingerprint density at radius 3 is 2.72 bits per heavy atom. The molecule has 1 aromatic carbocycles. The fourth-order valence-corrected chi connectivity index (χ4v) is 2.34. The predicted octanol–water partition coefficient (Wildman–Crippen LogP) is 1.97. The van der Waals surface area contributed by atoms with Crippen LogP contribution in [0.5, 0.6) is 0 Å². The lowest BCUT2D eigenvalue weighted by Gasteiger charge is -2.06. The predicted molar refractivity (Wildman–Crippen MR) is 88.3 cm³/mol. The first-order chi connectivity index (χ1) is 12.0. The van der Waals surface area contributed by atoms with Gasteiger partial charge in [0.2, 0.25) is 0 Å². The Labute approximate surface area is 141 Å². The van der Waals surface area contributed by atoms with Gasteiger partial charge in [-0.1, -0.05) is 12.1 Å². The highest BCUT2D eigenvalue weighted by Crippen LogP contribution is 2.25. The van der Waals surface area contributed by atoms with Crippen molar-refractivity contribution in [1.29, 1.82) is 0 Å². The lowest BCUT2D eigenvalue weighted by atomic mass is 10.1. The van der Waals surface area contributed by atoms with Gasteiger partial charge >= 0.3 is 5.97 Å². The van der Waals surface area contributed by atoms with E-state index >= 15 is 0 Å². The van der Waals surface area contributed by atoms with Gasteiger partial charge in [-0.2, -0.15) is 0 Å². The first-order valence-corrected chi connectivity index (χ1v) is 7.17. The molecule has 3 rings (SSSR count). The molecule has 0 saturated heterocycles. The second-order valence-corrected chi connectivity index (χ2v) is 5.07. The zero-order chi connectivity index (χ0) is 18.0.